The van der Waals surface area contributed by atoms with Crippen LogP contribution in [0.1, 0.15) is 26.2 Å². The van der Waals surface area contributed by atoms with Crippen LogP contribution >= 0.6 is 0 Å². The maximum absolute atomic E-state index is 9.76. The van der Waals surface area contributed by atoms with Crippen molar-refractivity contribution in [2.24, 2.45) is 0 Å². The molecule has 0 aromatic carbocycles. The number of carboxylic acids is 1. The summed E-state index contributed by atoms with van der Waals surface area (Å²) < 4.78 is 8.06. The van der Waals surface area contributed by atoms with Gasteiger partial charge >= 0.3 is 30.3 Å². The molecule has 0 saturated carbocycles. The van der Waals surface area contributed by atoms with Gasteiger partial charge in [-0.3, -0.25) is 4.79 Å². The van der Waals surface area contributed by atoms with Gasteiger partial charge in [-0.1, -0.05) is 13.3 Å². The van der Waals surface area contributed by atoms with Crippen molar-refractivity contribution in [2.75, 3.05) is 0 Å². The summed E-state index contributed by atoms with van der Waals surface area (Å²) in [5.41, 5.74) is 0. The summed E-state index contributed by atoms with van der Waals surface area (Å²) in [6, 6.07) is 0. The summed E-state index contributed by atoms with van der Waals surface area (Å²) in [5.74, 6) is -0.693. The van der Waals surface area contributed by atoms with Gasteiger partial charge in [0, 0.05) is 6.42 Å². The Bertz CT molecular complexity index is 74.6. The summed E-state index contributed by atoms with van der Waals surface area (Å²) in [4.78, 5) is 9.76. The zero-order valence-corrected chi connectivity index (χ0v) is 6.67. The number of carbonyl (C=O) groups is 1. The molecule has 0 aromatic heterocycles. The molecule has 59 valence electrons. The molecule has 0 aromatic rings. The minimum atomic E-state index is -0.693. The Hall–Kier alpha value is 0.0103. The van der Waals surface area contributed by atoms with Crippen LogP contribution in [0.25, 0.3) is 0 Å². The van der Waals surface area contributed by atoms with E-state index in [1.807, 2.05) is 6.92 Å². The molecule has 0 unspecified atom stereocenters. The second-order valence-corrected chi connectivity index (χ2v) is 1.50. The van der Waals surface area contributed by atoms with E-state index in [4.69, 9.17) is 8.36 Å². The first-order valence-corrected chi connectivity index (χ1v) is 3.22. The van der Waals surface area contributed by atoms with E-state index in [0.717, 1.165) is 12.8 Å². The third-order valence-electron chi connectivity index (χ3n) is 0.744. The van der Waals surface area contributed by atoms with E-state index < -0.39 is 5.97 Å². The van der Waals surface area contributed by atoms with Gasteiger partial charge in [0.05, 0.1) is 0 Å². The van der Waals surface area contributed by atoms with Crippen LogP contribution in [0, 0.1) is 0 Å². The van der Waals surface area contributed by atoms with Crippen molar-refractivity contribution in [1.29, 1.82) is 0 Å². The fourth-order valence-electron chi connectivity index (χ4n) is 0.328. The van der Waals surface area contributed by atoms with Crippen molar-refractivity contribution in [3.8, 4) is 0 Å². The first-order valence-electron chi connectivity index (χ1n) is 2.61. The molecule has 0 fully saturated rings. The van der Waals surface area contributed by atoms with Gasteiger partial charge in [0.15, 0.2) is 0 Å². The SMILES string of the molecule is CCCCC(=O)O.[O]=[Ag]. The number of hydrogen-bond donors (Lipinski definition) is 1. The van der Waals surface area contributed by atoms with E-state index in [2.05, 4.69) is 0 Å². The molecule has 0 aliphatic rings. The molecular formula is C5H10AgO3. The molecule has 0 saturated heterocycles. The van der Waals surface area contributed by atoms with Crippen molar-refractivity contribution in [1.82, 2.24) is 0 Å². The molecule has 0 radical (unpaired) electrons. The molecule has 1 N–H and O–H groups in total. The first-order chi connectivity index (χ1) is 4.27. The van der Waals surface area contributed by atoms with Crippen molar-refractivity contribution in [3.63, 3.8) is 0 Å². The topological polar surface area (TPSA) is 54.4 Å². The Morgan fingerprint density at radius 1 is 1.56 bits per heavy atom. The summed E-state index contributed by atoms with van der Waals surface area (Å²) in [6.07, 6.45) is 2.08. The summed E-state index contributed by atoms with van der Waals surface area (Å²) in [6.45, 7) is 1.98. The van der Waals surface area contributed by atoms with Gasteiger partial charge in [-0.05, 0) is 6.42 Å². The molecule has 3 nitrogen and oxygen atoms in total. The normalized spacial score (nSPS) is 7.44. The van der Waals surface area contributed by atoms with Crippen LogP contribution in [-0.4, -0.2) is 11.1 Å². The maximum atomic E-state index is 9.76. The molecule has 0 spiro atoms. The first kappa shape index (κ1) is 11.8. The van der Waals surface area contributed by atoms with Crippen LogP contribution in [0.4, 0.5) is 0 Å². The average Bonchev–Trinajstić information content (AvgIpc) is 1.88. The van der Waals surface area contributed by atoms with Crippen LogP contribution in [0.5, 0.6) is 0 Å². The van der Waals surface area contributed by atoms with Crippen LogP contribution in [0.2, 0.25) is 0 Å². The van der Waals surface area contributed by atoms with E-state index in [1.54, 1.807) is 21.0 Å². The quantitative estimate of drug-likeness (QED) is 0.734. The Morgan fingerprint density at radius 2 is 2.00 bits per heavy atom. The third-order valence-corrected chi connectivity index (χ3v) is 0.744. The van der Waals surface area contributed by atoms with E-state index in [1.165, 1.54) is 0 Å². The van der Waals surface area contributed by atoms with Crippen molar-refractivity contribution < 1.29 is 34.2 Å². The zero-order valence-electron chi connectivity index (χ0n) is 5.19. The average molecular weight is 226 g/mol. The van der Waals surface area contributed by atoms with E-state index in [9.17, 15) is 4.79 Å². The fourth-order valence-corrected chi connectivity index (χ4v) is 0.328. The van der Waals surface area contributed by atoms with Gasteiger partial charge in [-0.25, -0.2) is 0 Å². The van der Waals surface area contributed by atoms with Gasteiger partial charge < -0.3 is 5.11 Å². The predicted octanol–water partition coefficient (Wildman–Crippen LogP) is 1.14. The summed E-state index contributed by atoms with van der Waals surface area (Å²) in [7, 11) is 0. The summed E-state index contributed by atoms with van der Waals surface area (Å²) in [5, 5.41) is 8.04. The van der Waals surface area contributed by atoms with Gasteiger partial charge in [0.1, 0.15) is 0 Å². The Morgan fingerprint density at radius 3 is 2.11 bits per heavy atom. The minimum absolute atomic E-state index is 0.316. The molecule has 0 amide bonds. The molecule has 0 heterocycles. The molecule has 0 rings (SSSR count). The Balaban J connectivity index is 0. The van der Waals surface area contributed by atoms with Gasteiger partial charge in [-0.2, -0.15) is 0 Å². The number of aliphatic carboxylic acids is 1. The van der Waals surface area contributed by atoms with Crippen LogP contribution in [0.3, 0.4) is 0 Å². The molecule has 4 heteroatoms. The van der Waals surface area contributed by atoms with Crippen LogP contribution in [0.15, 0.2) is 0 Å². The molecular weight excluding hydrogens is 216 g/mol. The van der Waals surface area contributed by atoms with Crippen molar-refractivity contribution in [2.45, 2.75) is 26.2 Å². The van der Waals surface area contributed by atoms with Gasteiger partial charge in [-0.15, -0.1) is 0 Å². The second-order valence-electron chi connectivity index (χ2n) is 1.50. The molecule has 0 bridgehead atoms. The Kier molecular flexibility index (Phi) is 14.2. The number of carboxylic acid groups (broad SMARTS) is 1. The van der Waals surface area contributed by atoms with Gasteiger partial charge in [0.2, 0.25) is 0 Å². The van der Waals surface area contributed by atoms with Crippen LogP contribution < -0.4 is 0 Å². The van der Waals surface area contributed by atoms with Crippen LogP contribution in [-0.2, 0) is 29.1 Å². The standard InChI is InChI=1S/C5H10O2.Ag.O/c1-2-3-4-5(6)7;;/h2-4H2,1H3,(H,6,7);;. The molecule has 0 atom stereocenters. The molecule has 9 heavy (non-hydrogen) atoms. The number of rotatable bonds is 3. The zero-order chi connectivity index (χ0) is 7.70. The van der Waals surface area contributed by atoms with Crippen molar-refractivity contribution in [3.05, 3.63) is 0 Å². The van der Waals surface area contributed by atoms with E-state index >= 15 is 0 Å². The molecule has 0 aliphatic carbocycles. The number of unbranched alkanes of at least 4 members (excludes halogenated alkanes) is 1. The monoisotopic (exact) mass is 225 g/mol. The predicted molar refractivity (Wildman–Crippen MR) is 27.8 cm³/mol. The van der Waals surface area contributed by atoms with E-state index in [-0.39, 0.29) is 0 Å². The van der Waals surface area contributed by atoms with Gasteiger partial charge in [0.25, 0.3) is 0 Å². The third kappa shape index (κ3) is 18.0. The molecule has 0 aliphatic heterocycles. The van der Waals surface area contributed by atoms with Crippen molar-refractivity contribution >= 4 is 5.97 Å². The fraction of sp³-hybridized carbons (Fsp3) is 0.800. The number of hydrogen-bond acceptors (Lipinski definition) is 2. The Labute approximate surface area is 66.7 Å². The van der Waals surface area contributed by atoms with E-state index in [0.29, 0.717) is 6.42 Å². The summed E-state index contributed by atoms with van der Waals surface area (Å²) >= 11 is 1.70. The second kappa shape index (κ2) is 10.9.